The fourth-order valence-corrected chi connectivity index (χ4v) is 3.74. The van der Waals surface area contributed by atoms with Crippen LogP contribution in [0.4, 0.5) is 14.9 Å². The number of aryl methyl sites for hydroxylation is 1. The van der Waals surface area contributed by atoms with Gasteiger partial charge in [-0.2, -0.15) is 0 Å². The van der Waals surface area contributed by atoms with Crippen molar-refractivity contribution in [2.45, 2.75) is 26.3 Å². The summed E-state index contributed by atoms with van der Waals surface area (Å²) < 4.78 is 15.2. The number of anilines is 1. The largest absolute Gasteiger partial charge is 0.481 e. The van der Waals surface area contributed by atoms with Crippen molar-refractivity contribution < 1.29 is 28.7 Å². The molecule has 1 aliphatic rings. The smallest absolute Gasteiger partial charge is 0.323 e. The van der Waals surface area contributed by atoms with E-state index in [1.165, 1.54) is 19.3 Å². The number of nitrogens with one attached hydrogen (secondary N) is 1. The van der Waals surface area contributed by atoms with E-state index in [2.05, 4.69) is 5.32 Å². The molecule has 0 aliphatic carbocycles. The summed E-state index contributed by atoms with van der Waals surface area (Å²) in [4.78, 5) is 51.5. The normalized spacial score (nSPS) is 15.5. The van der Waals surface area contributed by atoms with E-state index in [0.717, 1.165) is 27.0 Å². The van der Waals surface area contributed by atoms with Crippen LogP contribution < -0.4 is 10.2 Å². The van der Waals surface area contributed by atoms with Gasteiger partial charge in [0.05, 0.1) is 12.1 Å². The Morgan fingerprint density at radius 3 is 2.48 bits per heavy atom. The Hall–Kier alpha value is -4.01. The minimum Gasteiger partial charge on any atom is -0.481 e. The number of ketones is 1. The van der Waals surface area contributed by atoms with Crippen LogP contribution in [0, 0.1) is 19.7 Å². The molecule has 1 atom stereocenters. The fourth-order valence-electron chi connectivity index (χ4n) is 3.74. The molecule has 9 heteroatoms. The lowest BCUT2D eigenvalue weighted by atomic mass is 9.94. The fraction of sp³-hybridized carbons (Fsp3) is 0.250. The van der Waals surface area contributed by atoms with E-state index in [1.807, 2.05) is 31.2 Å². The number of carboxylic acids is 1. The molecule has 0 bridgehead atoms. The highest BCUT2D eigenvalue weighted by molar-refractivity contribution is 6.19. The van der Waals surface area contributed by atoms with Gasteiger partial charge in [-0.1, -0.05) is 30.3 Å². The van der Waals surface area contributed by atoms with Gasteiger partial charge < -0.3 is 15.3 Å². The van der Waals surface area contributed by atoms with E-state index in [1.54, 1.807) is 13.0 Å². The Bertz CT molecular complexity index is 1160. The molecule has 0 saturated carbocycles. The summed E-state index contributed by atoms with van der Waals surface area (Å²) in [5, 5.41) is 11.3. The third kappa shape index (κ3) is 4.77. The lowest BCUT2D eigenvalue weighted by Crippen LogP contribution is -2.58. The number of carbonyl (C=O) groups excluding carboxylic acids is 3. The van der Waals surface area contributed by atoms with Gasteiger partial charge in [0.25, 0.3) is 5.91 Å². The Labute approximate surface area is 190 Å². The van der Waals surface area contributed by atoms with Crippen LogP contribution in [-0.2, 0) is 14.4 Å². The second kappa shape index (κ2) is 9.64. The summed E-state index contributed by atoms with van der Waals surface area (Å²) in [5.74, 6) is -3.34. The monoisotopic (exact) mass is 453 g/mol. The van der Waals surface area contributed by atoms with E-state index in [9.17, 15) is 19.2 Å². The number of amides is 3. The maximum atomic E-state index is 15.2. The summed E-state index contributed by atoms with van der Waals surface area (Å²) in [7, 11) is 1.42. The van der Waals surface area contributed by atoms with Crippen molar-refractivity contribution in [2.24, 2.45) is 0 Å². The maximum Gasteiger partial charge on any atom is 0.323 e. The predicted octanol–water partition coefficient (Wildman–Crippen LogP) is 3.02. The molecule has 0 radical (unpaired) electrons. The van der Waals surface area contributed by atoms with Crippen LogP contribution in [0.15, 0.2) is 48.7 Å². The van der Waals surface area contributed by atoms with Crippen molar-refractivity contribution in [2.75, 3.05) is 18.5 Å². The number of aliphatic carboxylic acids is 1. The van der Waals surface area contributed by atoms with Crippen LogP contribution in [0.1, 0.15) is 17.5 Å². The summed E-state index contributed by atoms with van der Waals surface area (Å²) in [6, 6.07) is 7.61. The lowest BCUT2D eigenvalue weighted by Gasteiger charge is -2.34. The zero-order valence-corrected chi connectivity index (χ0v) is 18.5. The molecule has 2 N–H and O–H groups in total. The van der Waals surface area contributed by atoms with E-state index in [4.69, 9.17) is 5.11 Å². The topological polar surface area (TPSA) is 107 Å². The Morgan fingerprint density at radius 1 is 1.12 bits per heavy atom. The molecule has 33 heavy (non-hydrogen) atoms. The highest BCUT2D eigenvalue weighted by atomic mass is 19.1. The predicted molar refractivity (Wildman–Crippen MR) is 120 cm³/mol. The van der Waals surface area contributed by atoms with Gasteiger partial charge in [0, 0.05) is 25.9 Å². The molecule has 3 rings (SSSR count). The van der Waals surface area contributed by atoms with Crippen LogP contribution in [0.2, 0.25) is 0 Å². The lowest BCUT2D eigenvalue weighted by molar-refractivity contribution is -0.137. The first-order chi connectivity index (χ1) is 15.6. The summed E-state index contributed by atoms with van der Waals surface area (Å²) in [5.41, 5.74) is 2.49. The molecule has 1 aliphatic heterocycles. The number of rotatable bonds is 6. The zero-order chi connectivity index (χ0) is 24.3. The second-order valence-corrected chi connectivity index (χ2v) is 7.70. The minimum absolute atomic E-state index is 0.223. The van der Waals surface area contributed by atoms with Crippen molar-refractivity contribution >= 4 is 29.4 Å². The molecule has 2 aromatic rings. The summed E-state index contributed by atoms with van der Waals surface area (Å²) in [6.07, 6.45) is 2.04. The first-order valence-electron chi connectivity index (χ1n) is 10.3. The van der Waals surface area contributed by atoms with E-state index in [-0.39, 0.29) is 18.7 Å². The van der Waals surface area contributed by atoms with E-state index >= 15 is 4.39 Å². The molecular weight excluding hydrogens is 429 g/mol. The Balaban J connectivity index is 2.17. The van der Waals surface area contributed by atoms with Crippen LogP contribution in [-0.4, -0.2) is 53.3 Å². The quantitative estimate of drug-likeness (QED) is 0.654. The molecule has 0 fully saturated rings. The van der Waals surface area contributed by atoms with E-state index < -0.39 is 35.5 Å². The Morgan fingerprint density at radius 2 is 1.82 bits per heavy atom. The minimum atomic E-state index is -1.63. The van der Waals surface area contributed by atoms with E-state index in [0.29, 0.717) is 11.1 Å². The number of benzene rings is 2. The molecule has 0 saturated heterocycles. The van der Waals surface area contributed by atoms with Crippen molar-refractivity contribution in [3.05, 3.63) is 65.6 Å². The average Bonchev–Trinajstić information content (AvgIpc) is 2.76. The number of carboxylic acid groups (broad SMARTS) is 1. The average molecular weight is 453 g/mol. The van der Waals surface area contributed by atoms with Crippen molar-refractivity contribution in [3.63, 3.8) is 0 Å². The third-order valence-corrected chi connectivity index (χ3v) is 5.46. The van der Waals surface area contributed by atoms with Gasteiger partial charge in [0.2, 0.25) is 0 Å². The molecule has 0 aromatic heterocycles. The number of hydrogen-bond donors (Lipinski definition) is 2. The van der Waals surface area contributed by atoms with Gasteiger partial charge in [0.15, 0.2) is 11.8 Å². The molecule has 8 nitrogen and oxygen atoms in total. The number of nitrogens with zero attached hydrogens (tertiary/aromatic N) is 2. The van der Waals surface area contributed by atoms with Gasteiger partial charge in [-0.3, -0.25) is 19.3 Å². The number of likely N-dealkylation sites (N-methyl/N-ethyl adjacent to an activating group) is 1. The van der Waals surface area contributed by atoms with Crippen molar-refractivity contribution in [3.8, 4) is 11.1 Å². The highest BCUT2D eigenvalue weighted by Gasteiger charge is 2.41. The SMILES string of the molecule is Cc1ccccc1-c1ccc(F)c(N(C(=O)NCCC(=O)O)C2C(=O)C=CN(C)C2=O)c1C. The molecular formula is C24H24FN3O5. The number of carbonyl (C=O) groups is 4. The molecule has 2 aromatic carbocycles. The van der Waals surface area contributed by atoms with Gasteiger partial charge in [-0.15, -0.1) is 0 Å². The summed E-state index contributed by atoms with van der Waals surface area (Å²) in [6.45, 7) is 3.24. The molecule has 1 unspecified atom stereocenters. The summed E-state index contributed by atoms with van der Waals surface area (Å²) >= 11 is 0. The van der Waals surface area contributed by atoms with Gasteiger partial charge in [0.1, 0.15) is 5.82 Å². The maximum absolute atomic E-state index is 15.2. The molecule has 1 heterocycles. The van der Waals surface area contributed by atoms with Gasteiger partial charge in [-0.25, -0.2) is 9.18 Å². The zero-order valence-electron chi connectivity index (χ0n) is 18.5. The third-order valence-electron chi connectivity index (χ3n) is 5.46. The Kier molecular flexibility index (Phi) is 6.91. The van der Waals surface area contributed by atoms with Crippen molar-refractivity contribution in [1.82, 2.24) is 10.2 Å². The molecule has 3 amide bonds. The first kappa shape index (κ1) is 23.6. The molecule has 172 valence electrons. The van der Waals surface area contributed by atoms with Gasteiger partial charge >= 0.3 is 12.0 Å². The van der Waals surface area contributed by atoms with Gasteiger partial charge in [-0.05, 0) is 42.2 Å². The van der Waals surface area contributed by atoms with Crippen molar-refractivity contribution in [1.29, 1.82) is 0 Å². The number of hydrogen-bond acceptors (Lipinski definition) is 4. The van der Waals surface area contributed by atoms with Crippen LogP contribution >= 0.6 is 0 Å². The molecule has 0 spiro atoms. The second-order valence-electron chi connectivity index (χ2n) is 7.70. The number of urea groups is 1. The highest BCUT2D eigenvalue weighted by Crippen LogP contribution is 2.36. The standard InChI is InChI=1S/C24H24FN3O5/c1-14-6-4-5-7-16(14)17-8-9-18(25)21(15(17)2)28(24(33)26-12-10-20(30)31)22-19(29)11-13-27(3)23(22)32/h4-9,11,13,22H,10,12H2,1-3H3,(H,26,33)(H,30,31). The van der Waals surface area contributed by atoms with Crippen LogP contribution in [0.5, 0.6) is 0 Å². The van der Waals surface area contributed by atoms with Crippen LogP contribution in [0.3, 0.4) is 0 Å². The number of halogens is 1. The first-order valence-corrected chi connectivity index (χ1v) is 10.3. The van der Waals surface area contributed by atoms with Crippen LogP contribution in [0.25, 0.3) is 11.1 Å².